The van der Waals surface area contributed by atoms with Crippen molar-refractivity contribution in [2.75, 3.05) is 31.4 Å². The van der Waals surface area contributed by atoms with E-state index in [9.17, 15) is 10.5 Å². The maximum Gasteiger partial charge on any atom is 0.197 e. The van der Waals surface area contributed by atoms with Crippen LogP contribution in [0.4, 0.5) is 23.1 Å². The fourth-order valence-corrected chi connectivity index (χ4v) is 2.69. The smallest absolute Gasteiger partial charge is 0.197 e. The first kappa shape index (κ1) is 19.5. The quantitative estimate of drug-likeness (QED) is 0.666. The van der Waals surface area contributed by atoms with Gasteiger partial charge in [-0.1, -0.05) is 6.07 Å². The highest BCUT2D eigenvalue weighted by Crippen LogP contribution is 2.35. The summed E-state index contributed by atoms with van der Waals surface area (Å²) in [6.07, 6.45) is 3.03. The van der Waals surface area contributed by atoms with Gasteiger partial charge in [0, 0.05) is 32.9 Å². The van der Waals surface area contributed by atoms with Crippen LogP contribution in [0.3, 0.4) is 0 Å². The van der Waals surface area contributed by atoms with Gasteiger partial charge in [0.15, 0.2) is 17.5 Å². The molecule has 0 fully saturated rings. The number of hydrogen-bond acceptors (Lipinski definition) is 9. The van der Waals surface area contributed by atoms with Gasteiger partial charge in [-0.15, -0.1) is 10.2 Å². The third kappa shape index (κ3) is 3.59. The normalized spacial score (nSPS) is 10.6. The van der Waals surface area contributed by atoms with Gasteiger partial charge in [0.05, 0.1) is 11.8 Å². The van der Waals surface area contributed by atoms with Gasteiger partial charge in [-0.3, -0.25) is 0 Å². The molecule has 3 aromatic rings. The summed E-state index contributed by atoms with van der Waals surface area (Å²) in [5, 5.41) is 34.8. The zero-order chi connectivity index (χ0) is 21.0. The molecule has 0 amide bonds. The molecule has 10 nitrogen and oxygen atoms in total. The molecule has 0 saturated heterocycles. The van der Waals surface area contributed by atoms with Gasteiger partial charge in [-0.2, -0.15) is 20.3 Å². The summed E-state index contributed by atoms with van der Waals surface area (Å²) in [7, 11) is 5.34. The molecule has 0 atom stereocenters. The van der Waals surface area contributed by atoms with Crippen molar-refractivity contribution in [3.05, 3.63) is 47.3 Å². The second-order valence-electron chi connectivity index (χ2n) is 6.18. The highest BCUT2D eigenvalue weighted by atomic mass is 15.4. The van der Waals surface area contributed by atoms with E-state index in [4.69, 9.17) is 0 Å². The van der Waals surface area contributed by atoms with Crippen molar-refractivity contribution in [1.82, 2.24) is 19.7 Å². The zero-order valence-electron chi connectivity index (χ0n) is 16.4. The molecular weight excluding hydrogens is 368 g/mol. The number of nitrogens with one attached hydrogen (secondary N) is 1. The van der Waals surface area contributed by atoms with E-state index >= 15 is 0 Å². The van der Waals surface area contributed by atoms with Crippen molar-refractivity contribution >= 4 is 23.1 Å². The minimum atomic E-state index is 0.239. The summed E-state index contributed by atoms with van der Waals surface area (Å²) >= 11 is 0. The first-order valence-electron chi connectivity index (χ1n) is 8.62. The molecule has 3 rings (SSSR count). The van der Waals surface area contributed by atoms with E-state index in [-0.39, 0.29) is 11.4 Å². The number of hydrogen-bond donors (Lipinski definition) is 1. The average Bonchev–Trinajstić information content (AvgIpc) is 3.15. The van der Waals surface area contributed by atoms with Crippen molar-refractivity contribution < 1.29 is 0 Å². The Morgan fingerprint density at radius 3 is 2.55 bits per heavy atom. The van der Waals surface area contributed by atoms with Gasteiger partial charge in [0.2, 0.25) is 0 Å². The summed E-state index contributed by atoms with van der Waals surface area (Å²) in [5.41, 5.74) is 1.69. The van der Waals surface area contributed by atoms with E-state index in [1.807, 2.05) is 20.2 Å². The lowest BCUT2D eigenvalue weighted by atomic mass is 10.1. The first-order valence-corrected chi connectivity index (χ1v) is 8.62. The Labute approximate surface area is 167 Å². The Kier molecular flexibility index (Phi) is 5.47. The Hall–Kier alpha value is -4.31. The molecule has 0 aromatic carbocycles. The summed E-state index contributed by atoms with van der Waals surface area (Å²) in [6, 6.07) is 9.57. The molecular formula is C19H18N10. The number of rotatable bonds is 5. The van der Waals surface area contributed by atoms with Crippen molar-refractivity contribution in [1.29, 1.82) is 10.5 Å². The number of pyridine rings is 2. The second-order valence-corrected chi connectivity index (χ2v) is 6.18. The summed E-state index contributed by atoms with van der Waals surface area (Å²) in [5.74, 6) is 1.75. The molecule has 3 aromatic heterocycles. The third-order valence-corrected chi connectivity index (χ3v) is 4.14. The Bertz CT molecular complexity index is 1150. The van der Waals surface area contributed by atoms with Crippen LogP contribution in [0, 0.1) is 29.6 Å². The molecule has 29 heavy (non-hydrogen) atoms. The number of nitrogens with zero attached hydrogens (tertiary/aromatic N) is 9. The van der Waals surface area contributed by atoms with Crippen LogP contribution in [0.2, 0.25) is 0 Å². The largest absolute Gasteiger partial charge is 0.371 e. The SMILES string of the molecule is CNc1nc(N(C)C)c(C#N)c(C)c1/N=N/c1c(C#N)cnn1-c1ccccn1. The minimum Gasteiger partial charge on any atom is -0.371 e. The van der Waals surface area contributed by atoms with Crippen LogP contribution >= 0.6 is 0 Å². The lowest BCUT2D eigenvalue weighted by Gasteiger charge is -2.17. The third-order valence-electron chi connectivity index (χ3n) is 4.14. The molecule has 0 spiro atoms. The van der Waals surface area contributed by atoms with E-state index in [2.05, 4.69) is 42.8 Å². The number of anilines is 2. The Balaban J connectivity index is 2.16. The van der Waals surface area contributed by atoms with Gasteiger partial charge in [0.25, 0.3) is 0 Å². The van der Waals surface area contributed by atoms with Crippen LogP contribution < -0.4 is 10.2 Å². The van der Waals surface area contributed by atoms with Crippen LogP contribution in [-0.4, -0.2) is 40.9 Å². The number of nitriles is 2. The van der Waals surface area contributed by atoms with Gasteiger partial charge in [0.1, 0.15) is 29.2 Å². The Morgan fingerprint density at radius 1 is 1.17 bits per heavy atom. The van der Waals surface area contributed by atoms with Gasteiger partial charge in [-0.25, -0.2) is 9.97 Å². The number of azo groups is 1. The van der Waals surface area contributed by atoms with E-state index in [1.165, 1.54) is 10.9 Å². The summed E-state index contributed by atoms with van der Waals surface area (Å²) in [6.45, 7) is 1.78. The molecule has 3 heterocycles. The van der Waals surface area contributed by atoms with Crippen molar-refractivity contribution in [3.63, 3.8) is 0 Å². The van der Waals surface area contributed by atoms with Crippen LogP contribution in [0.5, 0.6) is 0 Å². The van der Waals surface area contributed by atoms with Crippen molar-refractivity contribution in [2.45, 2.75) is 6.92 Å². The van der Waals surface area contributed by atoms with E-state index in [0.717, 1.165) is 0 Å². The lowest BCUT2D eigenvalue weighted by molar-refractivity contribution is 0.839. The minimum absolute atomic E-state index is 0.239. The van der Waals surface area contributed by atoms with Crippen molar-refractivity contribution in [3.8, 4) is 18.0 Å². The topological polar surface area (TPSA) is 131 Å². The molecule has 0 aliphatic heterocycles. The van der Waals surface area contributed by atoms with Crippen LogP contribution in [-0.2, 0) is 0 Å². The predicted molar refractivity (Wildman–Crippen MR) is 108 cm³/mol. The fourth-order valence-electron chi connectivity index (χ4n) is 2.69. The highest BCUT2D eigenvalue weighted by molar-refractivity contribution is 5.74. The Morgan fingerprint density at radius 2 is 1.97 bits per heavy atom. The van der Waals surface area contributed by atoms with Crippen LogP contribution in [0.15, 0.2) is 40.8 Å². The molecule has 1 N–H and O–H groups in total. The average molecular weight is 386 g/mol. The maximum absolute atomic E-state index is 9.59. The summed E-state index contributed by atoms with van der Waals surface area (Å²) < 4.78 is 1.43. The predicted octanol–water partition coefficient (Wildman–Crippen LogP) is 3.24. The second kappa shape index (κ2) is 8.15. The monoisotopic (exact) mass is 386 g/mol. The van der Waals surface area contributed by atoms with Crippen LogP contribution in [0.25, 0.3) is 5.82 Å². The van der Waals surface area contributed by atoms with E-state index in [1.54, 1.807) is 37.2 Å². The fraction of sp³-hybridized carbons (Fsp3) is 0.211. The molecule has 0 aliphatic carbocycles. The lowest BCUT2D eigenvalue weighted by Crippen LogP contribution is -2.14. The van der Waals surface area contributed by atoms with Gasteiger partial charge in [-0.05, 0) is 19.1 Å². The first-order chi connectivity index (χ1) is 14.0. The molecule has 144 valence electrons. The molecule has 0 radical (unpaired) electrons. The zero-order valence-corrected chi connectivity index (χ0v) is 16.4. The maximum atomic E-state index is 9.59. The van der Waals surface area contributed by atoms with E-state index < -0.39 is 0 Å². The number of aromatic nitrogens is 4. The molecule has 0 saturated carbocycles. The van der Waals surface area contributed by atoms with Crippen LogP contribution in [0.1, 0.15) is 16.7 Å². The van der Waals surface area contributed by atoms with Gasteiger partial charge < -0.3 is 10.2 Å². The van der Waals surface area contributed by atoms with E-state index in [0.29, 0.717) is 34.3 Å². The molecule has 0 bridgehead atoms. The molecule has 0 unspecified atom stereocenters. The van der Waals surface area contributed by atoms with Gasteiger partial charge >= 0.3 is 0 Å². The summed E-state index contributed by atoms with van der Waals surface area (Å²) in [4.78, 5) is 10.5. The molecule has 10 heteroatoms. The molecule has 0 aliphatic rings. The van der Waals surface area contributed by atoms with Crippen molar-refractivity contribution in [2.24, 2.45) is 10.2 Å². The highest BCUT2D eigenvalue weighted by Gasteiger charge is 2.19. The standard InChI is InChI=1S/C19H18N10/c1-12-14(10-21)19(28(3)4)25-17(22-2)16(12)26-27-18-13(9-20)11-24-29(18)15-7-5-6-8-23-15/h5-8,11H,1-4H3,(H,22,25)/b27-26+.